The van der Waals surface area contributed by atoms with Gasteiger partial charge in [0.15, 0.2) is 5.70 Å². The molecule has 1 heterocycles. The maximum Gasteiger partial charge on any atom is 0.359 e. The van der Waals surface area contributed by atoms with Crippen LogP contribution in [0, 0.1) is 0 Å². The van der Waals surface area contributed by atoms with Gasteiger partial charge in [0.05, 0.1) is 12.8 Å². The number of tetrazole rings is 1. The first-order chi connectivity index (χ1) is 8.74. The number of carbonyl (C=O) groups excluding carboxylic acids is 1. The smallest absolute Gasteiger partial charge is 0.359 e. The van der Waals surface area contributed by atoms with Crippen molar-refractivity contribution >= 4 is 17.4 Å². The highest BCUT2D eigenvalue weighted by Crippen LogP contribution is 2.17. The Kier molecular flexibility index (Phi) is 3.33. The van der Waals surface area contributed by atoms with E-state index in [4.69, 9.17) is 5.73 Å². The molecule has 0 saturated heterocycles. The fourth-order valence-corrected chi connectivity index (χ4v) is 1.44. The summed E-state index contributed by atoms with van der Waals surface area (Å²) < 4.78 is 5.86. The molecule has 7 heteroatoms. The minimum absolute atomic E-state index is 0.0775. The molecule has 1 aromatic heterocycles. The molecule has 92 valence electrons. The van der Waals surface area contributed by atoms with Crippen LogP contribution >= 0.6 is 0 Å². The van der Waals surface area contributed by atoms with Gasteiger partial charge in [-0.05, 0) is 16.0 Å². The largest absolute Gasteiger partial charge is 0.464 e. The average molecular weight is 245 g/mol. The lowest BCUT2D eigenvalue weighted by molar-refractivity contribution is -0.134. The van der Waals surface area contributed by atoms with Crippen LogP contribution in [0.5, 0.6) is 0 Å². The van der Waals surface area contributed by atoms with E-state index >= 15 is 0 Å². The van der Waals surface area contributed by atoms with Crippen molar-refractivity contribution < 1.29 is 9.53 Å². The van der Waals surface area contributed by atoms with Gasteiger partial charge in [0, 0.05) is 0 Å². The summed E-state index contributed by atoms with van der Waals surface area (Å²) in [5.41, 5.74) is 6.98. The maximum absolute atomic E-state index is 11.7. The van der Waals surface area contributed by atoms with Gasteiger partial charge in [-0.2, -0.15) is 4.68 Å². The third-order valence-corrected chi connectivity index (χ3v) is 2.30. The lowest BCUT2D eigenvalue weighted by atomic mass is 10.1. The van der Waals surface area contributed by atoms with E-state index in [1.165, 1.54) is 18.1 Å². The summed E-state index contributed by atoms with van der Waals surface area (Å²) in [7, 11) is 1.27. The van der Waals surface area contributed by atoms with Gasteiger partial charge < -0.3 is 10.5 Å². The highest BCUT2D eigenvalue weighted by Gasteiger charge is 2.18. The number of carbonyl (C=O) groups is 1. The lowest BCUT2D eigenvalue weighted by Crippen LogP contribution is -2.17. The third-order valence-electron chi connectivity index (χ3n) is 2.30. The molecule has 0 aliphatic heterocycles. The van der Waals surface area contributed by atoms with E-state index < -0.39 is 5.97 Å². The first-order valence-corrected chi connectivity index (χ1v) is 5.11. The van der Waals surface area contributed by atoms with Crippen molar-refractivity contribution in [2.75, 3.05) is 7.11 Å². The molecule has 0 unspecified atom stereocenters. The molecule has 0 saturated carbocycles. The SMILES string of the molecule is COC(=O)C(=C(N)c1ccccc1)n1cnnn1. The van der Waals surface area contributed by atoms with E-state index in [9.17, 15) is 4.79 Å². The molecule has 1 aromatic carbocycles. The number of nitrogens with two attached hydrogens (primary N) is 1. The standard InChI is InChI=1S/C11H11N5O2/c1-18-11(17)10(16-7-13-14-15-16)9(12)8-5-3-2-4-6-8/h2-7H,12H2,1H3. The molecule has 2 aromatic rings. The van der Waals surface area contributed by atoms with Crippen LogP contribution in [0.15, 0.2) is 36.7 Å². The summed E-state index contributed by atoms with van der Waals surface area (Å²) in [5.74, 6) is -0.608. The van der Waals surface area contributed by atoms with Crippen molar-refractivity contribution in [1.29, 1.82) is 0 Å². The Morgan fingerprint density at radius 1 is 1.33 bits per heavy atom. The zero-order valence-corrected chi connectivity index (χ0v) is 9.65. The van der Waals surface area contributed by atoms with Crippen LogP contribution in [0.1, 0.15) is 5.56 Å². The van der Waals surface area contributed by atoms with Gasteiger partial charge in [-0.3, -0.25) is 0 Å². The van der Waals surface area contributed by atoms with Crippen LogP contribution in [0.3, 0.4) is 0 Å². The molecular formula is C11H11N5O2. The Labute approximate surface area is 103 Å². The molecule has 7 nitrogen and oxygen atoms in total. The summed E-state index contributed by atoms with van der Waals surface area (Å²) in [5, 5.41) is 10.6. The Morgan fingerprint density at radius 3 is 2.61 bits per heavy atom. The predicted molar refractivity (Wildman–Crippen MR) is 63.6 cm³/mol. The Bertz CT molecular complexity index is 562. The highest BCUT2D eigenvalue weighted by molar-refractivity contribution is 6.17. The van der Waals surface area contributed by atoms with Gasteiger partial charge >= 0.3 is 5.97 Å². The highest BCUT2D eigenvalue weighted by atomic mass is 16.5. The summed E-state index contributed by atoms with van der Waals surface area (Å²) in [6, 6.07) is 9.05. The molecule has 0 aliphatic rings. The van der Waals surface area contributed by atoms with E-state index in [1.807, 2.05) is 18.2 Å². The zero-order chi connectivity index (χ0) is 13.0. The number of esters is 1. The average Bonchev–Trinajstić information content (AvgIpc) is 2.93. The molecule has 2 rings (SSSR count). The van der Waals surface area contributed by atoms with Crippen molar-refractivity contribution in [2.45, 2.75) is 0 Å². The molecule has 0 atom stereocenters. The molecule has 18 heavy (non-hydrogen) atoms. The van der Waals surface area contributed by atoms with E-state index in [0.717, 1.165) is 0 Å². The topological polar surface area (TPSA) is 95.9 Å². The molecular weight excluding hydrogens is 234 g/mol. The monoisotopic (exact) mass is 245 g/mol. The minimum Gasteiger partial charge on any atom is -0.464 e. The molecule has 0 radical (unpaired) electrons. The summed E-state index contributed by atoms with van der Waals surface area (Å²) in [4.78, 5) is 11.7. The fraction of sp³-hybridized carbons (Fsp3) is 0.0909. The number of benzene rings is 1. The van der Waals surface area contributed by atoms with Crippen molar-refractivity contribution in [1.82, 2.24) is 20.2 Å². The minimum atomic E-state index is -0.608. The Balaban J connectivity index is 2.56. The van der Waals surface area contributed by atoms with E-state index in [1.54, 1.807) is 12.1 Å². The summed E-state index contributed by atoms with van der Waals surface area (Å²) >= 11 is 0. The first kappa shape index (κ1) is 11.8. The van der Waals surface area contributed by atoms with Gasteiger partial charge in [-0.1, -0.05) is 30.3 Å². The second-order valence-electron chi connectivity index (χ2n) is 3.37. The van der Waals surface area contributed by atoms with Crippen LogP contribution in [0.2, 0.25) is 0 Å². The molecule has 0 bridgehead atoms. The summed E-state index contributed by atoms with van der Waals surface area (Å²) in [6.45, 7) is 0. The van der Waals surface area contributed by atoms with Crippen LogP contribution < -0.4 is 5.73 Å². The quantitative estimate of drug-likeness (QED) is 0.610. The first-order valence-electron chi connectivity index (χ1n) is 5.11. The second-order valence-corrected chi connectivity index (χ2v) is 3.37. The van der Waals surface area contributed by atoms with Gasteiger partial charge in [0.1, 0.15) is 6.33 Å². The molecule has 0 amide bonds. The predicted octanol–water partition coefficient (Wildman–Crippen LogP) is 0.131. The number of methoxy groups -OCH3 is 1. The zero-order valence-electron chi connectivity index (χ0n) is 9.65. The lowest BCUT2D eigenvalue weighted by Gasteiger charge is -2.09. The van der Waals surface area contributed by atoms with E-state index in [-0.39, 0.29) is 11.4 Å². The van der Waals surface area contributed by atoms with E-state index in [2.05, 4.69) is 20.3 Å². The number of nitrogens with zero attached hydrogens (tertiary/aromatic N) is 4. The van der Waals surface area contributed by atoms with Crippen molar-refractivity contribution in [3.63, 3.8) is 0 Å². The molecule has 0 fully saturated rings. The van der Waals surface area contributed by atoms with Gasteiger partial charge in [-0.25, -0.2) is 4.79 Å². The molecule has 2 N–H and O–H groups in total. The Hall–Kier alpha value is -2.70. The second kappa shape index (κ2) is 5.09. The van der Waals surface area contributed by atoms with E-state index in [0.29, 0.717) is 5.56 Å². The van der Waals surface area contributed by atoms with Crippen LogP contribution in [-0.4, -0.2) is 33.3 Å². The van der Waals surface area contributed by atoms with Crippen LogP contribution in [0.4, 0.5) is 0 Å². The van der Waals surface area contributed by atoms with Crippen molar-refractivity contribution in [3.05, 3.63) is 42.2 Å². The van der Waals surface area contributed by atoms with Crippen molar-refractivity contribution in [3.8, 4) is 0 Å². The normalized spacial score (nSPS) is 11.8. The summed E-state index contributed by atoms with van der Waals surface area (Å²) in [6.07, 6.45) is 1.28. The Morgan fingerprint density at radius 2 is 2.06 bits per heavy atom. The molecule has 0 aliphatic carbocycles. The van der Waals surface area contributed by atoms with Gasteiger partial charge in [-0.15, -0.1) is 5.10 Å². The number of aromatic nitrogens is 4. The maximum atomic E-state index is 11.7. The number of rotatable bonds is 3. The number of hydrogen-bond donors (Lipinski definition) is 1. The fourth-order valence-electron chi connectivity index (χ4n) is 1.44. The third kappa shape index (κ3) is 2.19. The number of hydrogen-bond acceptors (Lipinski definition) is 6. The van der Waals surface area contributed by atoms with Crippen molar-refractivity contribution in [2.24, 2.45) is 5.73 Å². The van der Waals surface area contributed by atoms with Gasteiger partial charge in [0.2, 0.25) is 0 Å². The van der Waals surface area contributed by atoms with Gasteiger partial charge in [0.25, 0.3) is 0 Å². The van der Waals surface area contributed by atoms with Crippen LogP contribution in [0.25, 0.3) is 11.4 Å². The number of ether oxygens (including phenoxy) is 1. The molecule has 0 spiro atoms. The van der Waals surface area contributed by atoms with Crippen LogP contribution in [-0.2, 0) is 9.53 Å².